The minimum Gasteiger partial charge on any atom is -0.376 e. The van der Waals surface area contributed by atoms with E-state index in [4.69, 9.17) is 4.52 Å². The van der Waals surface area contributed by atoms with Gasteiger partial charge in [0.05, 0.1) is 13.0 Å². The minimum atomic E-state index is 0.522. The molecule has 2 heterocycles. The van der Waals surface area contributed by atoms with Crippen molar-refractivity contribution >= 4 is 17.0 Å². The van der Waals surface area contributed by atoms with Crippen LogP contribution in [0.2, 0.25) is 0 Å². The standard InChI is InChI=1S/C14H14N4OS/c1-10-9-20-14(16-10)7-12-17-13(19-18-12)8-15-11-5-3-2-4-6-11/h2-6,9,15H,7-8H2,1H3. The maximum Gasteiger partial charge on any atom is 0.245 e. The van der Waals surface area contributed by atoms with E-state index in [-0.39, 0.29) is 0 Å². The smallest absolute Gasteiger partial charge is 0.245 e. The Bertz CT molecular complexity index is 677. The molecule has 5 nitrogen and oxygen atoms in total. The summed E-state index contributed by atoms with van der Waals surface area (Å²) in [6.45, 7) is 2.50. The summed E-state index contributed by atoms with van der Waals surface area (Å²) in [5.41, 5.74) is 2.06. The SMILES string of the molecule is Cc1csc(Cc2noc(CNc3ccccc3)n2)n1. The highest BCUT2D eigenvalue weighted by atomic mass is 32.1. The highest BCUT2D eigenvalue weighted by Gasteiger charge is 2.09. The number of aryl methyl sites for hydroxylation is 1. The fourth-order valence-corrected chi connectivity index (χ4v) is 2.56. The summed E-state index contributed by atoms with van der Waals surface area (Å²) < 4.78 is 5.22. The van der Waals surface area contributed by atoms with Gasteiger partial charge < -0.3 is 9.84 Å². The molecule has 0 saturated heterocycles. The van der Waals surface area contributed by atoms with Crippen LogP contribution in [0.25, 0.3) is 0 Å². The molecule has 1 aromatic carbocycles. The number of anilines is 1. The Balaban J connectivity index is 1.59. The van der Waals surface area contributed by atoms with E-state index >= 15 is 0 Å². The Morgan fingerprint density at radius 2 is 2.05 bits per heavy atom. The molecule has 0 aliphatic carbocycles. The van der Waals surface area contributed by atoms with Crippen molar-refractivity contribution in [1.29, 1.82) is 0 Å². The van der Waals surface area contributed by atoms with E-state index < -0.39 is 0 Å². The zero-order valence-corrected chi connectivity index (χ0v) is 11.9. The van der Waals surface area contributed by atoms with Gasteiger partial charge in [-0.3, -0.25) is 0 Å². The lowest BCUT2D eigenvalue weighted by Gasteiger charge is -2.01. The van der Waals surface area contributed by atoms with Crippen LogP contribution in [0.5, 0.6) is 0 Å². The van der Waals surface area contributed by atoms with Crippen molar-refractivity contribution in [3.05, 3.63) is 58.1 Å². The zero-order chi connectivity index (χ0) is 13.8. The number of rotatable bonds is 5. The van der Waals surface area contributed by atoms with E-state index in [1.165, 1.54) is 0 Å². The molecule has 0 radical (unpaired) electrons. The lowest BCUT2D eigenvalue weighted by Crippen LogP contribution is -1.99. The summed E-state index contributed by atoms with van der Waals surface area (Å²) in [6, 6.07) is 9.93. The molecule has 3 aromatic rings. The van der Waals surface area contributed by atoms with Gasteiger partial charge in [-0.25, -0.2) is 4.98 Å². The fraction of sp³-hybridized carbons (Fsp3) is 0.214. The molecule has 0 aliphatic heterocycles. The summed E-state index contributed by atoms with van der Waals surface area (Å²) in [5, 5.41) is 10.2. The second kappa shape index (κ2) is 5.83. The minimum absolute atomic E-state index is 0.522. The summed E-state index contributed by atoms with van der Waals surface area (Å²) in [4.78, 5) is 8.75. The molecule has 6 heteroatoms. The van der Waals surface area contributed by atoms with Crippen molar-refractivity contribution in [1.82, 2.24) is 15.1 Å². The first kappa shape index (κ1) is 12.8. The Morgan fingerprint density at radius 1 is 1.20 bits per heavy atom. The van der Waals surface area contributed by atoms with Crippen LogP contribution in [-0.4, -0.2) is 15.1 Å². The Kier molecular flexibility index (Phi) is 3.73. The third-order valence-electron chi connectivity index (χ3n) is 2.70. The number of nitrogens with zero attached hydrogens (tertiary/aromatic N) is 3. The molecule has 20 heavy (non-hydrogen) atoms. The lowest BCUT2D eigenvalue weighted by molar-refractivity contribution is 0.378. The second-order valence-corrected chi connectivity index (χ2v) is 5.33. The zero-order valence-electron chi connectivity index (χ0n) is 11.0. The molecule has 0 atom stereocenters. The van der Waals surface area contributed by atoms with Gasteiger partial charge >= 0.3 is 0 Å². The van der Waals surface area contributed by atoms with Crippen molar-refractivity contribution in [2.45, 2.75) is 19.9 Å². The summed E-state index contributed by atoms with van der Waals surface area (Å²) in [7, 11) is 0. The predicted molar refractivity (Wildman–Crippen MR) is 77.7 cm³/mol. The maximum absolute atomic E-state index is 5.22. The van der Waals surface area contributed by atoms with Crippen LogP contribution in [0.3, 0.4) is 0 Å². The lowest BCUT2D eigenvalue weighted by atomic mass is 10.3. The van der Waals surface area contributed by atoms with Crippen LogP contribution >= 0.6 is 11.3 Å². The molecular formula is C14H14N4OS. The summed E-state index contributed by atoms with van der Waals surface area (Å²) >= 11 is 1.62. The highest BCUT2D eigenvalue weighted by Crippen LogP contribution is 2.13. The molecule has 0 bridgehead atoms. The molecule has 0 aliphatic rings. The molecule has 102 valence electrons. The first-order valence-corrected chi connectivity index (χ1v) is 7.19. The third kappa shape index (κ3) is 3.21. The van der Waals surface area contributed by atoms with E-state index in [1.807, 2.05) is 42.6 Å². The molecule has 0 amide bonds. The van der Waals surface area contributed by atoms with Crippen LogP contribution in [0, 0.1) is 6.92 Å². The van der Waals surface area contributed by atoms with Crippen LogP contribution in [0.15, 0.2) is 40.2 Å². The molecule has 3 rings (SSSR count). The highest BCUT2D eigenvalue weighted by molar-refractivity contribution is 7.09. The van der Waals surface area contributed by atoms with Gasteiger partial charge in [0, 0.05) is 16.8 Å². The van der Waals surface area contributed by atoms with E-state index in [0.29, 0.717) is 24.7 Å². The van der Waals surface area contributed by atoms with Crippen molar-refractivity contribution in [2.75, 3.05) is 5.32 Å². The molecule has 0 saturated carbocycles. The second-order valence-electron chi connectivity index (χ2n) is 4.38. The average Bonchev–Trinajstić information content (AvgIpc) is 3.08. The number of benzene rings is 1. The molecule has 1 N–H and O–H groups in total. The van der Waals surface area contributed by atoms with Crippen LogP contribution in [0.1, 0.15) is 22.4 Å². The van der Waals surface area contributed by atoms with Gasteiger partial charge in [0.15, 0.2) is 5.82 Å². The Hall–Kier alpha value is -2.21. The molecule has 0 spiro atoms. The van der Waals surface area contributed by atoms with E-state index in [0.717, 1.165) is 16.4 Å². The van der Waals surface area contributed by atoms with E-state index in [2.05, 4.69) is 20.4 Å². The van der Waals surface area contributed by atoms with Gasteiger partial charge in [-0.05, 0) is 19.1 Å². The average molecular weight is 286 g/mol. The van der Waals surface area contributed by atoms with Gasteiger partial charge in [0.1, 0.15) is 5.01 Å². The first-order chi connectivity index (χ1) is 9.79. The summed E-state index contributed by atoms with van der Waals surface area (Å²) in [5.74, 6) is 1.25. The number of nitrogens with one attached hydrogen (secondary N) is 1. The van der Waals surface area contributed by atoms with Crippen molar-refractivity contribution in [3.8, 4) is 0 Å². The Morgan fingerprint density at radius 3 is 2.80 bits per heavy atom. The van der Waals surface area contributed by atoms with Gasteiger partial charge in [0.25, 0.3) is 0 Å². The van der Waals surface area contributed by atoms with E-state index in [1.54, 1.807) is 11.3 Å². The summed E-state index contributed by atoms with van der Waals surface area (Å²) in [6.07, 6.45) is 0.618. The van der Waals surface area contributed by atoms with Crippen molar-refractivity contribution in [2.24, 2.45) is 0 Å². The first-order valence-electron chi connectivity index (χ1n) is 6.31. The van der Waals surface area contributed by atoms with Gasteiger partial charge in [-0.1, -0.05) is 23.4 Å². The maximum atomic E-state index is 5.22. The van der Waals surface area contributed by atoms with Gasteiger partial charge in [0.2, 0.25) is 5.89 Å². The quantitative estimate of drug-likeness (QED) is 0.781. The monoisotopic (exact) mass is 286 g/mol. The van der Waals surface area contributed by atoms with Crippen molar-refractivity contribution in [3.63, 3.8) is 0 Å². The number of hydrogen-bond donors (Lipinski definition) is 1. The normalized spacial score (nSPS) is 10.7. The molecule has 0 fully saturated rings. The van der Waals surface area contributed by atoms with E-state index in [9.17, 15) is 0 Å². The fourth-order valence-electron chi connectivity index (χ4n) is 1.79. The number of thiazole rings is 1. The van der Waals surface area contributed by atoms with Gasteiger partial charge in [-0.2, -0.15) is 4.98 Å². The number of para-hydroxylation sites is 1. The predicted octanol–water partition coefficient (Wildman–Crippen LogP) is 3.04. The molecular weight excluding hydrogens is 272 g/mol. The third-order valence-corrected chi connectivity index (χ3v) is 3.67. The van der Waals surface area contributed by atoms with Crippen LogP contribution in [0.4, 0.5) is 5.69 Å². The van der Waals surface area contributed by atoms with Crippen LogP contribution < -0.4 is 5.32 Å². The number of hydrogen-bond acceptors (Lipinski definition) is 6. The molecule has 0 unspecified atom stereocenters. The number of aromatic nitrogens is 3. The van der Waals surface area contributed by atoms with Crippen LogP contribution in [-0.2, 0) is 13.0 Å². The molecule has 2 aromatic heterocycles. The Labute approximate surface area is 120 Å². The van der Waals surface area contributed by atoms with Crippen molar-refractivity contribution < 1.29 is 4.52 Å². The van der Waals surface area contributed by atoms with Gasteiger partial charge in [-0.15, -0.1) is 11.3 Å². The topological polar surface area (TPSA) is 63.8 Å². The largest absolute Gasteiger partial charge is 0.376 e.